The lowest BCUT2D eigenvalue weighted by atomic mass is 10.3. The predicted octanol–water partition coefficient (Wildman–Crippen LogP) is 1.94. The van der Waals surface area contributed by atoms with Gasteiger partial charge in [-0.3, -0.25) is 0 Å². The summed E-state index contributed by atoms with van der Waals surface area (Å²) in [7, 11) is 0. The molecule has 3 heterocycles. The van der Waals surface area contributed by atoms with E-state index in [9.17, 15) is 0 Å². The first-order valence-corrected chi connectivity index (χ1v) is 7.42. The van der Waals surface area contributed by atoms with Crippen molar-refractivity contribution in [1.29, 1.82) is 0 Å². The minimum atomic E-state index is 0.190. The first kappa shape index (κ1) is 13.3. The van der Waals surface area contributed by atoms with E-state index in [1.807, 2.05) is 18.3 Å². The molecule has 1 aliphatic heterocycles. The van der Waals surface area contributed by atoms with E-state index in [0.717, 1.165) is 37.9 Å². The molecule has 3 rings (SSSR count). The van der Waals surface area contributed by atoms with Crippen LogP contribution in [0.4, 0.5) is 11.6 Å². The molecule has 2 aromatic heterocycles. The number of hydrogen-bond donors (Lipinski definition) is 1. The molecule has 20 heavy (non-hydrogen) atoms. The van der Waals surface area contributed by atoms with Crippen LogP contribution in [0.2, 0.25) is 0 Å². The summed E-state index contributed by atoms with van der Waals surface area (Å²) in [4.78, 5) is 12.0. The molecular formula is C13H17N5OS. The van der Waals surface area contributed by atoms with Crippen LogP contribution in [0.25, 0.3) is 0 Å². The average molecular weight is 291 g/mol. The average Bonchev–Trinajstić information content (AvgIpc) is 3.03. The fourth-order valence-electron chi connectivity index (χ4n) is 2.13. The number of nitrogens with zero attached hydrogens (tertiary/aromatic N) is 4. The van der Waals surface area contributed by atoms with Crippen LogP contribution in [0.5, 0.6) is 0 Å². The zero-order valence-corrected chi connectivity index (χ0v) is 12.1. The second-order valence-corrected chi connectivity index (χ2v) is 5.51. The third kappa shape index (κ3) is 3.05. The van der Waals surface area contributed by atoms with Crippen LogP contribution >= 0.6 is 11.5 Å². The Morgan fingerprint density at radius 3 is 2.95 bits per heavy atom. The van der Waals surface area contributed by atoms with Gasteiger partial charge in [0.05, 0.1) is 19.3 Å². The minimum Gasteiger partial charge on any atom is -0.378 e. The summed E-state index contributed by atoms with van der Waals surface area (Å²) >= 11 is 1.50. The Labute approximate surface area is 122 Å². The SMILES string of the molecule is CC(Nc1cc(N2CCOCC2)ncn1)c1ccns1. The smallest absolute Gasteiger partial charge is 0.134 e. The van der Waals surface area contributed by atoms with E-state index < -0.39 is 0 Å². The summed E-state index contributed by atoms with van der Waals surface area (Å²) in [6, 6.07) is 4.20. The van der Waals surface area contributed by atoms with Crippen molar-refractivity contribution in [2.45, 2.75) is 13.0 Å². The van der Waals surface area contributed by atoms with Crippen molar-refractivity contribution in [3.05, 3.63) is 29.5 Å². The molecule has 0 radical (unpaired) electrons. The Hall–Kier alpha value is -1.73. The van der Waals surface area contributed by atoms with Gasteiger partial charge in [-0.2, -0.15) is 0 Å². The van der Waals surface area contributed by atoms with E-state index in [1.54, 1.807) is 6.33 Å². The molecule has 1 unspecified atom stereocenters. The lowest BCUT2D eigenvalue weighted by Crippen LogP contribution is -2.36. The summed E-state index contributed by atoms with van der Waals surface area (Å²) in [5.74, 6) is 1.78. The van der Waals surface area contributed by atoms with Gasteiger partial charge in [0.1, 0.15) is 18.0 Å². The largest absolute Gasteiger partial charge is 0.378 e. The number of anilines is 2. The highest BCUT2D eigenvalue weighted by molar-refractivity contribution is 7.05. The van der Waals surface area contributed by atoms with Gasteiger partial charge in [-0.1, -0.05) is 0 Å². The normalized spacial score (nSPS) is 16.9. The zero-order valence-electron chi connectivity index (χ0n) is 11.3. The monoisotopic (exact) mass is 291 g/mol. The van der Waals surface area contributed by atoms with E-state index in [2.05, 4.69) is 31.5 Å². The van der Waals surface area contributed by atoms with Crippen LogP contribution in [-0.2, 0) is 4.74 Å². The molecule has 106 valence electrons. The third-order valence-electron chi connectivity index (χ3n) is 3.24. The topological polar surface area (TPSA) is 63.2 Å². The summed E-state index contributed by atoms with van der Waals surface area (Å²) in [5.41, 5.74) is 0. The van der Waals surface area contributed by atoms with Gasteiger partial charge in [0.25, 0.3) is 0 Å². The molecule has 0 bridgehead atoms. The molecule has 0 amide bonds. The Balaban J connectivity index is 1.70. The standard InChI is InChI=1S/C13H17N5OS/c1-10(11-2-3-16-20-11)17-12-8-13(15-9-14-12)18-4-6-19-7-5-18/h2-3,8-10H,4-7H2,1H3,(H,14,15,17). The van der Waals surface area contributed by atoms with Crippen molar-refractivity contribution < 1.29 is 4.74 Å². The predicted molar refractivity (Wildman–Crippen MR) is 79.2 cm³/mol. The number of ether oxygens (including phenoxy) is 1. The molecule has 0 aromatic carbocycles. The van der Waals surface area contributed by atoms with Crippen LogP contribution in [0, 0.1) is 0 Å². The maximum absolute atomic E-state index is 5.36. The van der Waals surface area contributed by atoms with Gasteiger partial charge in [0, 0.05) is 30.2 Å². The van der Waals surface area contributed by atoms with Gasteiger partial charge >= 0.3 is 0 Å². The first-order valence-electron chi connectivity index (χ1n) is 6.65. The van der Waals surface area contributed by atoms with Crippen LogP contribution in [0.1, 0.15) is 17.8 Å². The van der Waals surface area contributed by atoms with E-state index in [0.29, 0.717) is 0 Å². The van der Waals surface area contributed by atoms with Gasteiger partial charge in [-0.25, -0.2) is 14.3 Å². The Morgan fingerprint density at radius 2 is 2.20 bits per heavy atom. The van der Waals surface area contributed by atoms with Crippen LogP contribution < -0.4 is 10.2 Å². The molecular weight excluding hydrogens is 274 g/mol. The lowest BCUT2D eigenvalue weighted by Gasteiger charge is -2.28. The molecule has 1 N–H and O–H groups in total. The summed E-state index contributed by atoms with van der Waals surface area (Å²) in [5, 5.41) is 3.39. The van der Waals surface area contributed by atoms with Crippen molar-refractivity contribution in [1.82, 2.24) is 14.3 Å². The Bertz CT molecular complexity index is 541. The number of nitrogens with one attached hydrogen (secondary N) is 1. The van der Waals surface area contributed by atoms with Gasteiger partial charge in [0.2, 0.25) is 0 Å². The number of aromatic nitrogens is 3. The fourth-order valence-corrected chi connectivity index (χ4v) is 2.72. The third-order valence-corrected chi connectivity index (χ3v) is 4.16. The molecule has 7 heteroatoms. The molecule has 1 aliphatic rings. The van der Waals surface area contributed by atoms with Crippen molar-refractivity contribution in [3.8, 4) is 0 Å². The zero-order chi connectivity index (χ0) is 13.8. The fraction of sp³-hybridized carbons (Fsp3) is 0.462. The van der Waals surface area contributed by atoms with Gasteiger partial charge in [-0.15, -0.1) is 0 Å². The van der Waals surface area contributed by atoms with Crippen molar-refractivity contribution in [3.63, 3.8) is 0 Å². The van der Waals surface area contributed by atoms with E-state index >= 15 is 0 Å². The molecule has 6 nitrogen and oxygen atoms in total. The summed E-state index contributed by atoms with van der Waals surface area (Å²) in [6.07, 6.45) is 3.42. The maximum Gasteiger partial charge on any atom is 0.134 e. The molecule has 0 spiro atoms. The minimum absolute atomic E-state index is 0.190. The van der Waals surface area contributed by atoms with Gasteiger partial charge in [0.15, 0.2) is 0 Å². The van der Waals surface area contributed by atoms with Crippen LogP contribution in [-0.4, -0.2) is 40.6 Å². The summed E-state index contributed by atoms with van der Waals surface area (Å²) in [6.45, 7) is 5.36. The number of hydrogen-bond acceptors (Lipinski definition) is 7. The van der Waals surface area contributed by atoms with Crippen molar-refractivity contribution >= 4 is 23.2 Å². The molecule has 1 fully saturated rings. The molecule has 1 atom stereocenters. The van der Waals surface area contributed by atoms with Gasteiger partial charge < -0.3 is 15.0 Å². The second-order valence-electron chi connectivity index (χ2n) is 4.64. The summed E-state index contributed by atoms with van der Waals surface area (Å²) < 4.78 is 9.48. The lowest BCUT2D eigenvalue weighted by molar-refractivity contribution is 0.122. The Kier molecular flexibility index (Phi) is 4.08. The number of morpholine rings is 1. The highest BCUT2D eigenvalue weighted by atomic mass is 32.1. The molecule has 0 saturated carbocycles. The van der Waals surface area contributed by atoms with Crippen molar-refractivity contribution in [2.24, 2.45) is 0 Å². The maximum atomic E-state index is 5.36. The van der Waals surface area contributed by atoms with Crippen molar-refractivity contribution in [2.75, 3.05) is 36.5 Å². The Morgan fingerprint density at radius 1 is 1.35 bits per heavy atom. The highest BCUT2D eigenvalue weighted by Crippen LogP contribution is 2.22. The van der Waals surface area contributed by atoms with Crippen LogP contribution in [0.15, 0.2) is 24.7 Å². The van der Waals surface area contributed by atoms with E-state index in [1.165, 1.54) is 16.4 Å². The molecule has 0 aliphatic carbocycles. The highest BCUT2D eigenvalue weighted by Gasteiger charge is 2.14. The molecule has 2 aromatic rings. The van der Waals surface area contributed by atoms with Gasteiger partial charge in [-0.05, 0) is 24.5 Å². The number of rotatable bonds is 4. The second kappa shape index (κ2) is 6.15. The van der Waals surface area contributed by atoms with Crippen LogP contribution in [0.3, 0.4) is 0 Å². The quantitative estimate of drug-likeness (QED) is 0.929. The van der Waals surface area contributed by atoms with E-state index in [4.69, 9.17) is 4.74 Å². The first-order chi connectivity index (χ1) is 9.83. The molecule has 1 saturated heterocycles. The van der Waals surface area contributed by atoms with E-state index in [-0.39, 0.29) is 6.04 Å².